The van der Waals surface area contributed by atoms with E-state index in [0.29, 0.717) is 0 Å². The van der Waals surface area contributed by atoms with Gasteiger partial charge in [0.25, 0.3) is 0 Å². The molecule has 0 aliphatic carbocycles. The highest BCUT2D eigenvalue weighted by molar-refractivity contribution is 8.00. The van der Waals surface area contributed by atoms with Crippen LogP contribution in [0.2, 0.25) is 0 Å². The molecule has 0 saturated carbocycles. The third-order valence-electron chi connectivity index (χ3n) is 1.52. The van der Waals surface area contributed by atoms with E-state index in [0.717, 1.165) is 0 Å². The van der Waals surface area contributed by atoms with E-state index in [9.17, 15) is 0 Å². The van der Waals surface area contributed by atoms with E-state index in [4.69, 9.17) is 0 Å². The van der Waals surface area contributed by atoms with Crippen LogP contribution in [-0.4, -0.2) is 17.4 Å². The molecule has 0 heterocycles. The highest BCUT2D eigenvalue weighted by Crippen LogP contribution is 1.80. The highest BCUT2D eigenvalue weighted by Gasteiger charge is 1.86. The fourth-order valence-corrected chi connectivity index (χ4v) is 0.841. The normalized spacial score (nSPS) is 8.77. The number of hydrogen-bond donors (Lipinski definition) is 2. The first-order valence-corrected chi connectivity index (χ1v) is 5.74. The van der Waals surface area contributed by atoms with E-state index in [1.807, 2.05) is 0 Å². The second kappa shape index (κ2) is 14.6. The summed E-state index contributed by atoms with van der Waals surface area (Å²) in [5, 5.41) is 2.42. The van der Waals surface area contributed by atoms with E-state index in [-0.39, 0.29) is 4.32 Å². The number of rotatable bonds is 6. The van der Waals surface area contributed by atoms with Gasteiger partial charge in [0, 0.05) is 0 Å². The van der Waals surface area contributed by atoms with Crippen molar-refractivity contribution < 1.29 is 5.32 Å². The zero-order valence-electron chi connectivity index (χ0n) is 8.71. The minimum Gasteiger partial charge on any atom is -0.415 e. The Balaban J connectivity index is 0. The zero-order chi connectivity index (χ0) is 10.5. The molecule has 0 radical (unpaired) electrons. The molecule has 4 heteroatoms. The molecular formula is C9H22N2S2. The molecule has 0 saturated heterocycles. The Labute approximate surface area is 93.1 Å². The first kappa shape index (κ1) is 15.5. The maximum absolute atomic E-state index is 4.66. The minimum atomic E-state index is 0.0833. The fraction of sp³-hybridized carbons (Fsp3) is 0.889. The molecular weight excluding hydrogens is 200 g/mol. The number of thiocarbonyl (C=S) groups is 1. The van der Waals surface area contributed by atoms with Crippen molar-refractivity contribution in [1.82, 2.24) is 0 Å². The second-order valence-corrected chi connectivity index (χ2v) is 4.03. The van der Waals surface area contributed by atoms with Crippen LogP contribution in [0.15, 0.2) is 0 Å². The summed E-state index contributed by atoms with van der Waals surface area (Å²) in [6.45, 7) is 7.15. The molecule has 0 aromatic carbocycles. The Morgan fingerprint density at radius 3 is 1.77 bits per heavy atom. The zero-order valence-corrected chi connectivity index (χ0v) is 10.3. The Bertz CT molecular complexity index is 97.8. The van der Waals surface area contributed by atoms with Crippen LogP contribution in [0.1, 0.15) is 39.5 Å². The summed E-state index contributed by atoms with van der Waals surface area (Å²) in [4.78, 5) is 0. The first-order chi connectivity index (χ1) is 6.15. The van der Waals surface area contributed by atoms with Gasteiger partial charge < -0.3 is 35.9 Å². The van der Waals surface area contributed by atoms with Crippen LogP contribution < -0.4 is 11.1 Å². The van der Waals surface area contributed by atoms with Gasteiger partial charge in [-0.15, -0.1) is 0 Å². The van der Waals surface area contributed by atoms with E-state index in [2.05, 4.69) is 49.7 Å². The van der Waals surface area contributed by atoms with Gasteiger partial charge in [-0.2, -0.15) is 0 Å². The molecule has 0 rings (SSSR count). The predicted octanol–water partition coefficient (Wildman–Crippen LogP) is 0.927. The van der Waals surface area contributed by atoms with E-state index < -0.39 is 0 Å². The summed E-state index contributed by atoms with van der Waals surface area (Å²) < 4.78 is 0.0833. The maximum atomic E-state index is 4.66. The fourth-order valence-electron chi connectivity index (χ4n) is 0.841. The average molecular weight is 222 g/mol. The number of nitrogens with two attached hydrogens (primary N) is 2. The van der Waals surface area contributed by atoms with Crippen molar-refractivity contribution in [1.29, 1.82) is 0 Å². The monoisotopic (exact) mass is 222 g/mol. The van der Waals surface area contributed by atoms with Gasteiger partial charge >= 0.3 is 0 Å². The van der Waals surface area contributed by atoms with Crippen molar-refractivity contribution >= 4 is 29.2 Å². The topological polar surface area (TPSA) is 42.6 Å². The molecule has 0 spiro atoms. The lowest BCUT2D eigenvalue weighted by molar-refractivity contribution is -0.655. The summed E-state index contributed by atoms with van der Waals surface area (Å²) in [6.07, 6.45) is 5.43. The van der Waals surface area contributed by atoms with Crippen LogP contribution in [-0.2, 0) is 12.6 Å². The molecule has 13 heavy (non-hydrogen) atoms. The third kappa shape index (κ3) is 33.2. The summed E-state index contributed by atoms with van der Waals surface area (Å²) in [7, 11) is 0. The van der Waals surface area contributed by atoms with Crippen LogP contribution in [0.4, 0.5) is 0 Å². The molecule has 80 valence electrons. The lowest BCUT2D eigenvalue weighted by Gasteiger charge is -1.96. The van der Waals surface area contributed by atoms with Gasteiger partial charge in [-0.1, -0.05) is 31.0 Å². The number of unbranched alkanes of at least 4 members (excludes halogenated alkanes) is 2. The first-order valence-electron chi connectivity index (χ1n) is 4.93. The highest BCUT2D eigenvalue weighted by atomic mass is 32.1. The van der Waals surface area contributed by atoms with Crippen LogP contribution in [0.25, 0.3) is 0 Å². The maximum Gasteiger partial charge on any atom is 0.0755 e. The van der Waals surface area contributed by atoms with Gasteiger partial charge in [-0.25, -0.2) is 0 Å². The van der Waals surface area contributed by atoms with Gasteiger partial charge in [0.05, 0.1) is 13.1 Å². The van der Waals surface area contributed by atoms with E-state index in [1.165, 1.54) is 38.8 Å². The van der Waals surface area contributed by atoms with Gasteiger partial charge in [0.1, 0.15) is 0 Å². The van der Waals surface area contributed by atoms with Gasteiger partial charge in [0.2, 0.25) is 0 Å². The molecule has 0 fully saturated rings. The van der Waals surface area contributed by atoms with E-state index >= 15 is 0 Å². The molecule has 4 N–H and O–H groups in total. The van der Waals surface area contributed by atoms with Crippen LogP contribution in [0, 0.1) is 0 Å². The molecule has 0 aliphatic heterocycles. The Morgan fingerprint density at radius 2 is 1.54 bits per heavy atom. The van der Waals surface area contributed by atoms with Crippen LogP contribution in [0.5, 0.6) is 0 Å². The van der Waals surface area contributed by atoms with Crippen molar-refractivity contribution in [3.05, 3.63) is 0 Å². The van der Waals surface area contributed by atoms with Gasteiger partial charge in [0.15, 0.2) is 0 Å². The molecule has 0 aromatic heterocycles. The van der Waals surface area contributed by atoms with Gasteiger partial charge in [-0.3, -0.25) is 0 Å². The Hall–Kier alpha value is 0.0700. The van der Waals surface area contributed by atoms with E-state index in [1.54, 1.807) is 0 Å². The molecule has 0 unspecified atom stereocenters. The molecule has 0 bridgehead atoms. The van der Waals surface area contributed by atoms with Crippen molar-refractivity contribution in [2.24, 2.45) is 5.73 Å². The Kier molecular flexibility index (Phi) is 17.4. The minimum absolute atomic E-state index is 0.0833. The molecule has 2 nitrogen and oxygen atoms in total. The standard InChI is InChI=1S/C8H19N.CH3NS2/c1-3-5-7-9-8-6-4-2;2-1(3)4/h9H,3-8H2,1-2H3;(H3,2,3,4). The largest absolute Gasteiger partial charge is 0.415 e. The molecule has 0 aliphatic rings. The summed E-state index contributed by atoms with van der Waals surface area (Å²) in [5.74, 6) is 0. The van der Waals surface area contributed by atoms with Crippen LogP contribution >= 0.6 is 12.2 Å². The molecule has 0 atom stereocenters. The number of quaternary nitrogens is 1. The molecule has 0 amide bonds. The van der Waals surface area contributed by atoms with Crippen LogP contribution in [0.3, 0.4) is 0 Å². The lowest BCUT2D eigenvalue weighted by Crippen LogP contribution is -2.84. The van der Waals surface area contributed by atoms with Crippen molar-refractivity contribution in [2.75, 3.05) is 13.1 Å². The summed E-state index contributed by atoms with van der Waals surface area (Å²) in [5.41, 5.74) is 4.66. The lowest BCUT2D eigenvalue weighted by atomic mass is 10.3. The Morgan fingerprint density at radius 1 is 1.23 bits per heavy atom. The van der Waals surface area contributed by atoms with Crippen molar-refractivity contribution in [3.63, 3.8) is 0 Å². The van der Waals surface area contributed by atoms with Crippen molar-refractivity contribution in [3.8, 4) is 0 Å². The second-order valence-electron chi connectivity index (χ2n) is 2.89. The third-order valence-corrected chi connectivity index (χ3v) is 1.52. The van der Waals surface area contributed by atoms with Gasteiger partial charge in [-0.05, 0) is 12.8 Å². The summed E-state index contributed by atoms with van der Waals surface area (Å²) >= 11 is 8.26. The number of hydrogen-bond acceptors (Lipinski definition) is 2. The average Bonchev–Trinajstić information content (AvgIpc) is 2.03. The summed E-state index contributed by atoms with van der Waals surface area (Å²) in [6, 6.07) is 0. The smallest absolute Gasteiger partial charge is 0.0755 e. The quantitative estimate of drug-likeness (QED) is 0.399. The predicted molar refractivity (Wildman–Crippen MR) is 65.6 cm³/mol. The SMILES string of the molecule is CCCC[NH2+]CCCC.NC(=S)[S-]. The van der Waals surface area contributed by atoms with Crippen molar-refractivity contribution in [2.45, 2.75) is 39.5 Å². The molecule has 0 aromatic rings.